The van der Waals surface area contributed by atoms with Crippen LogP contribution in [0.15, 0.2) is 58.8 Å². The van der Waals surface area contributed by atoms with Crippen molar-refractivity contribution in [3.63, 3.8) is 0 Å². The Balaban J connectivity index is 1.77. The largest absolute Gasteiger partial charge is 0.467 e. The molecule has 0 aliphatic heterocycles. The minimum atomic E-state index is -0.494. The molecule has 0 spiro atoms. The summed E-state index contributed by atoms with van der Waals surface area (Å²) in [4.78, 5) is 24.7. The number of para-hydroxylation sites is 1. The molecule has 2 N–H and O–H groups in total. The molecule has 2 heterocycles. The van der Waals surface area contributed by atoms with Crippen LogP contribution in [-0.4, -0.2) is 36.6 Å². The Labute approximate surface area is 180 Å². The number of aromatic nitrogens is 1. The van der Waals surface area contributed by atoms with Gasteiger partial charge in [0.2, 0.25) is 5.91 Å². The Morgan fingerprint density at radius 1 is 1.23 bits per heavy atom. The average molecular weight is 420 g/mol. The van der Waals surface area contributed by atoms with Crippen LogP contribution in [0.25, 0.3) is 17.0 Å². The van der Waals surface area contributed by atoms with Crippen molar-refractivity contribution in [2.45, 2.75) is 19.5 Å². The van der Waals surface area contributed by atoms with Crippen LogP contribution in [0, 0.1) is 11.3 Å². The maximum absolute atomic E-state index is 12.4. The molecule has 0 radical (unpaired) electrons. The summed E-state index contributed by atoms with van der Waals surface area (Å²) in [5, 5.41) is 15.9. The Morgan fingerprint density at radius 2 is 2.06 bits per heavy atom. The zero-order valence-corrected chi connectivity index (χ0v) is 17.3. The van der Waals surface area contributed by atoms with Gasteiger partial charge in [-0.2, -0.15) is 5.26 Å². The molecule has 0 bridgehead atoms. The van der Waals surface area contributed by atoms with Gasteiger partial charge in [-0.1, -0.05) is 18.2 Å². The van der Waals surface area contributed by atoms with Gasteiger partial charge in [-0.15, -0.1) is 0 Å². The van der Waals surface area contributed by atoms with Crippen molar-refractivity contribution in [2.24, 2.45) is 0 Å². The number of hydrogen-bond acceptors (Lipinski definition) is 5. The molecule has 2 aromatic heterocycles. The smallest absolute Gasteiger partial charge is 0.262 e. The summed E-state index contributed by atoms with van der Waals surface area (Å²) < 4.78 is 12.0. The molecule has 160 valence electrons. The number of nitrogens with zero attached hydrogens (tertiary/aromatic N) is 2. The van der Waals surface area contributed by atoms with Crippen molar-refractivity contribution < 1.29 is 18.7 Å². The Hall–Kier alpha value is -3.83. The zero-order chi connectivity index (χ0) is 22.1. The van der Waals surface area contributed by atoms with Crippen LogP contribution >= 0.6 is 0 Å². The van der Waals surface area contributed by atoms with E-state index < -0.39 is 5.91 Å². The van der Waals surface area contributed by atoms with Crippen molar-refractivity contribution in [3.05, 3.63) is 65.8 Å². The number of hydrogen-bond donors (Lipinski definition) is 2. The van der Waals surface area contributed by atoms with E-state index in [4.69, 9.17) is 9.15 Å². The van der Waals surface area contributed by atoms with Crippen molar-refractivity contribution in [1.82, 2.24) is 15.2 Å². The van der Waals surface area contributed by atoms with Crippen molar-refractivity contribution >= 4 is 28.8 Å². The first kappa shape index (κ1) is 21.9. The number of amides is 2. The summed E-state index contributed by atoms with van der Waals surface area (Å²) >= 11 is 0. The lowest BCUT2D eigenvalue weighted by molar-refractivity contribution is -0.121. The summed E-state index contributed by atoms with van der Waals surface area (Å²) in [5.41, 5.74) is 1.50. The molecule has 31 heavy (non-hydrogen) atoms. The van der Waals surface area contributed by atoms with E-state index in [0.29, 0.717) is 24.5 Å². The lowest BCUT2D eigenvalue weighted by atomic mass is 10.1. The fraction of sp³-hybridized carbons (Fsp3) is 0.261. The highest BCUT2D eigenvalue weighted by Crippen LogP contribution is 2.23. The zero-order valence-electron chi connectivity index (χ0n) is 17.3. The summed E-state index contributed by atoms with van der Waals surface area (Å²) in [5.74, 6) is -0.0190. The number of rotatable bonds is 10. The van der Waals surface area contributed by atoms with Gasteiger partial charge in [0.25, 0.3) is 5.91 Å². The van der Waals surface area contributed by atoms with E-state index in [0.717, 1.165) is 17.3 Å². The number of carbonyl (C=O) groups is 2. The number of carbonyl (C=O) groups excluding carboxylic acids is 2. The Kier molecular flexibility index (Phi) is 7.62. The van der Waals surface area contributed by atoms with Gasteiger partial charge in [0, 0.05) is 42.9 Å². The number of furan rings is 1. The number of fused-ring (bicyclic) bond motifs is 1. The monoisotopic (exact) mass is 420 g/mol. The minimum Gasteiger partial charge on any atom is -0.467 e. The van der Waals surface area contributed by atoms with Crippen LogP contribution in [0.2, 0.25) is 0 Å². The van der Waals surface area contributed by atoms with Gasteiger partial charge in [-0.3, -0.25) is 9.59 Å². The third-order valence-corrected chi connectivity index (χ3v) is 4.65. The number of nitrogens with one attached hydrogen (secondary N) is 2. The summed E-state index contributed by atoms with van der Waals surface area (Å²) in [7, 11) is 1.62. The van der Waals surface area contributed by atoms with Gasteiger partial charge >= 0.3 is 0 Å². The van der Waals surface area contributed by atoms with Crippen LogP contribution < -0.4 is 10.6 Å². The van der Waals surface area contributed by atoms with Crippen LogP contribution in [0.4, 0.5) is 0 Å². The molecule has 0 aliphatic carbocycles. The molecule has 2 amide bonds. The number of ether oxygens (including phenoxy) is 1. The van der Waals surface area contributed by atoms with Gasteiger partial charge in [-0.25, -0.2) is 0 Å². The van der Waals surface area contributed by atoms with Crippen LogP contribution in [0.3, 0.4) is 0 Å². The second-order valence-electron chi connectivity index (χ2n) is 6.86. The standard InChI is InChI=1S/C23H24N4O4/c1-30-10-5-9-25-22(28)16-27-15-18(20-7-2-3-8-21(20)27)12-17(13-24)23(29)26-14-19-6-4-11-31-19/h2-4,6-8,11-12,15H,5,9-10,14,16H2,1H3,(H,25,28)(H,26,29). The van der Waals surface area contributed by atoms with Crippen molar-refractivity contribution in [1.29, 1.82) is 5.26 Å². The second-order valence-corrected chi connectivity index (χ2v) is 6.86. The van der Waals surface area contributed by atoms with E-state index in [-0.39, 0.29) is 24.6 Å². The second kappa shape index (κ2) is 10.8. The first-order chi connectivity index (χ1) is 15.1. The highest BCUT2D eigenvalue weighted by molar-refractivity contribution is 6.04. The van der Waals surface area contributed by atoms with Gasteiger partial charge in [0.05, 0.1) is 12.8 Å². The summed E-state index contributed by atoms with van der Waals surface area (Å²) in [6.45, 7) is 1.44. The lowest BCUT2D eigenvalue weighted by Crippen LogP contribution is -2.28. The first-order valence-electron chi connectivity index (χ1n) is 9.88. The lowest BCUT2D eigenvalue weighted by Gasteiger charge is -2.07. The van der Waals surface area contributed by atoms with E-state index in [2.05, 4.69) is 10.6 Å². The van der Waals surface area contributed by atoms with E-state index in [1.54, 1.807) is 25.4 Å². The highest BCUT2D eigenvalue weighted by atomic mass is 16.5. The van der Waals surface area contributed by atoms with Crippen molar-refractivity contribution in [2.75, 3.05) is 20.3 Å². The molecule has 3 aromatic rings. The van der Waals surface area contributed by atoms with E-state index >= 15 is 0 Å². The minimum absolute atomic E-state index is 0.0292. The van der Waals surface area contributed by atoms with Gasteiger partial charge in [0.1, 0.15) is 23.9 Å². The average Bonchev–Trinajstić information content (AvgIpc) is 3.42. The van der Waals surface area contributed by atoms with Crippen molar-refractivity contribution in [3.8, 4) is 6.07 Å². The number of nitriles is 1. The summed E-state index contributed by atoms with van der Waals surface area (Å²) in [6, 6.07) is 13.0. The van der Waals surface area contributed by atoms with Gasteiger partial charge in [0.15, 0.2) is 0 Å². The van der Waals surface area contributed by atoms with Gasteiger partial charge < -0.3 is 24.4 Å². The Morgan fingerprint density at radius 3 is 2.81 bits per heavy atom. The molecule has 3 rings (SSSR count). The molecule has 0 fully saturated rings. The molecule has 0 unspecified atom stereocenters. The molecule has 0 aliphatic rings. The maximum atomic E-state index is 12.4. The fourth-order valence-electron chi connectivity index (χ4n) is 3.16. The predicted octanol–water partition coefficient (Wildman–Crippen LogP) is 2.61. The predicted molar refractivity (Wildman–Crippen MR) is 116 cm³/mol. The van der Waals surface area contributed by atoms with E-state index in [1.807, 2.05) is 34.9 Å². The third kappa shape index (κ3) is 5.84. The molecule has 8 heteroatoms. The maximum Gasteiger partial charge on any atom is 0.262 e. The van der Waals surface area contributed by atoms with Crippen LogP contribution in [-0.2, 0) is 27.4 Å². The molecule has 1 aromatic carbocycles. The molecular formula is C23H24N4O4. The molecule has 0 saturated heterocycles. The van der Waals surface area contributed by atoms with E-state index in [9.17, 15) is 14.9 Å². The summed E-state index contributed by atoms with van der Waals surface area (Å²) in [6.07, 6.45) is 5.57. The first-order valence-corrected chi connectivity index (χ1v) is 9.88. The highest BCUT2D eigenvalue weighted by Gasteiger charge is 2.14. The van der Waals surface area contributed by atoms with Gasteiger partial charge in [-0.05, 0) is 30.7 Å². The Bertz CT molecular complexity index is 1110. The molecule has 0 atom stereocenters. The number of benzene rings is 1. The SMILES string of the molecule is COCCCNC(=O)Cn1cc(C=C(C#N)C(=O)NCc2ccco2)c2ccccc21. The molecule has 0 saturated carbocycles. The molecule has 8 nitrogen and oxygen atoms in total. The molecular weight excluding hydrogens is 396 g/mol. The van der Waals surface area contributed by atoms with Crippen LogP contribution in [0.5, 0.6) is 0 Å². The fourth-order valence-corrected chi connectivity index (χ4v) is 3.16. The van der Waals surface area contributed by atoms with E-state index in [1.165, 1.54) is 12.3 Å². The van der Waals surface area contributed by atoms with Crippen LogP contribution in [0.1, 0.15) is 17.7 Å². The normalized spacial score (nSPS) is 11.3. The number of methoxy groups -OCH3 is 1. The quantitative estimate of drug-likeness (QED) is 0.298. The topological polar surface area (TPSA) is 109 Å². The third-order valence-electron chi connectivity index (χ3n) is 4.65.